The van der Waals surface area contributed by atoms with Gasteiger partial charge in [-0.2, -0.15) is 0 Å². The number of halogens is 1. The van der Waals surface area contributed by atoms with E-state index in [4.69, 9.17) is 16.6 Å². The standard InChI is InChI=1S/C19H19ClN4OS/c20-18-14(7-5-10-21-18)22-17(25)12-24-11-4-3-8-15(24)19-23-13-6-1-2-9-16(13)26-19/h1-2,5-7,9-10,15H,3-4,8,11-12H2,(H,22,25)/t15-/m1/s1. The first-order chi connectivity index (χ1) is 12.7. The number of aromatic nitrogens is 2. The van der Waals surface area contributed by atoms with Crippen LogP contribution in [0.5, 0.6) is 0 Å². The number of carbonyl (C=O) groups is 1. The number of nitrogens with zero attached hydrogens (tertiary/aromatic N) is 3. The number of carbonyl (C=O) groups excluding carboxylic acids is 1. The monoisotopic (exact) mass is 386 g/mol. The molecule has 5 nitrogen and oxygen atoms in total. The Hall–Kier alpha value is -2.02. The molecule has 1 N–H and O–H groups in total. The predicted octanol–water partition coefficient (Wildman–Crippen LogP) is 4.51. The molecule has 4 rings (SSSR count). The van der Waals surface area contributed by atoms with Gasteiger partial charge in [-0.05, 0) is 43.7 Å². The van der Waals surface area contributed by atoms with Crippen LogP contribution >= 0.6 is 22.9 Å². The number of rotatable bonds is 4. The van der Waals surface area contributed by atoms with E-state index in [1.807, 2.05) is 18.2 Å². The molecule has 26 heavy (non-hydrogen) atoms. The number of piperidine rings is 1. The second kappa shape index (κ2) is 7.70. The second-order valence-electron chi connectivity index (χ2n) is 6.39. The Morgan fingerprint density at radius 1 is 1.27 bits per heavy atom. The second-order valence-corrected chi connectivity index (χ2v) is 7.81. The lowest BCUT2D eigenvalue weighted by molar-refractivity contribution is -0.118. The van der Waals surface area contributed by atoms with E-state index in [9.17, 15) is 4.79 Å². The van der Waals surface area contributed by atoms with Gasteiger partial charge in [-0.25, -0.2) is 9.97 Å². The number of para-hydroxylation sites is 1. The van der Waals surface area contributed by atoms with Crippen LogP contribution in [0.4, 0.5) is 5.69 Å². The molecule has 134 valence electrons. The minimum atomic E-state index is -0.0760. The van der Waals surface area contributed by atoms with Crippen LogP contribution in [-0.4, -0.2) is 33.9 Å². The third-order valence-corrected chi connectivity index (χ3v) is 6.03. The normalized spacial score (nSPS) is 18.1. The maximum absolute atomic E-state index is 12.5. The Morgan fingerprint density at radius 2 is 2.15 bits per heavy atom. The predicted molar refractivity (Wildman–Crippen MR) is 106 cm³/mol. The maximum atomic E-state index is 12.5. The van der Waals surface area contributed by atoms with E-state index < -0.39 is 0 Å². The lowest BCUT2D eigenvalue weighted by Gasteiger charge is -2.33. The van der Waals surface area contributed by atoms with Gasteiger partial charge in [0.2, 0.25) is 5.91 Å². The van der Waals surface area contributed by atoms with E-state index >= 15 is 0 Å². The average molecular weight is 387 g/mol. The van der Waals surface area contributed by atoms with Gasteiger partial charge in [0.1, 0.15) is 5.01 Å². The van der Waals surface area contributed by atoms with E-state index in [1.54, 1.807) is 29.7 Å². The third kappa shape index (κ3) is 3.72. The van der Waals surface area contributed by atoms with Gasteiger partial charge in [0.25, 0.3) is 0 Å². The van der Waals surface area contributed by atoms with Crippen molar-refractivity contribution in [2.75, 3.05) is 18.4 Å². The number of hydrogen-bond acceptors (Lipinski definition) is 5. The van der Waals surface area contributed by atoms with E-state index in [0.29, 0.717) is 17.4 Å². The van der Waals surface area contributed by atoms with Crippen LogP contribution in [0.1, 0.15) is 30.3 Å². The Morgan fingerprint density at radius 3 is 3.00 bits per heavy atom. The first-order valence-corrected chi connectivity index (χ1v) is 9.90. The first kappa shape index (κ1) is 17.4. The fourth-order valence-corrected chi connectivity index (χ4v) is 4.65. The quantitative estimate of drug-likeness (QED) is 0.670. The van der Waals surface area contributed by atoms with Crippen LogP contribution in [0, 0.1) is 0 Å². The van der Waals surface area contributed by atoms with Crippen molar-refractivity contribution < 1.29 is 4.79 Å². The molecular formula is C19H19ClN4OS. The maximum Gasteiger partial charge on any atom is 0.238 e. The molecule has 1 atom stereocenters. The summed E-state index contributed by atoms with van der Waals surface area (Å²) in [6, 6.07) is 11.9. The molecular weight excluding hydrogens is 368 g/mol. The first-order valence-electron chi connectivity index (χ1n) is 8.70. The van der Waals surface area contributed by atoms with Crippen molar-refractivity contribution in [1.29, 1.82) is 0 Å². The van der Waals surface area contributed by atoms with E-state index in [0.717, 1.165) is 36.3 Å². The zero-order valence-corrected chi connectivity index (χ0v) is 15.8. The Labute approximate surface area is 161 Å². The summed E-state index contributed by atoms with van der Waals surface area (Å²) in [7, 11) is 0. The van der Waals surface area contributed by atoms with Gasteiger partial charge in [-0.1, -0.05) is 30.2 Å². The highest BCUT2D eigenvalue weighted by Crippen LogP contribution is 2.35. The number of likely N-dealkylation sites (tertiary alicyclic amines) is 1. The average Bonchev–Trinajstić information content (AvgIpc) is 3.08. The van der Waals surface area contributed by atoms with Crippen molar-refractivity contribution in [1.82, 2.24) is 14.9 Å². The highest BCUT2D eigenvalue weighted by molar-refractivity contribution is 7.18. The molecule has 0 saturated carbocycles. The zero-order chi connectivity index (χ0) is 17.9. The molecule has 1 aromatic carbocycles. The van der Waals surface area contributed by atoms with Crippen LogP contribution in [0.25, 0.3) is 10.2 Å². The SMILES string of the molecule is O=C(CN1CCCC[C@@H]1c1nc2ccccc2s1)Nc1cccnc1Cl. The lowest BCUT2D eigenvalue weighted by Crippen LogP contribution is -2.39. The Kier molecular flexibility index (Phi) is 5.15. The number of fused-ring (bicyclic) bond motifs is 1. The summed E-state index contributed by atoms with van der Waals surface area (Å²) in [6.45, 7) is 1.22. The highest BCUT2D eigenvalue weighted by Gasteiger charge is 2.28. The summed E-state index contributed by atoms with van der Waals surface area (Å²) in [4.78, 5) is 23.5. The molecule has 2 aromatic heterocycles. The molecule has 0 bridgehead atoms. The van der Waals surface area contributed by atoms with Crippen molar-refractivity contribution in [3.63, 3.8) is 0 Å². The minimum absolute atomic E-state index is 0.0760. The summed E-state index contributed by atoms with van der Waals surface area (Å²) in [6.07, 6.45) is 4.89. The highest BCUT2D eigenvalue weighted by atomic mass is 35.5. The zero-order valence-electron chi connectivity index (χ0n) is 14.2. The Balaban J connectivity index is 1.50. The van der Waals surface area contributed by atoms with Crippen LogP contribution in [0.3, 0.4) is 0 Å². The van der Waals surface area contributed by atoms with Gasteiger partial charge in [-0.15, -0.1) is 11.3 Å². The largest absolute Gasteiger partial charge is 0.322 e. The van der Waals surface area contributed by atoms with Gasteiger partial charge in [0.15, 0.2) is 5.15 Å². The molecule has 1 saturated heterocycles. The van der Waals surface area contributed by atoms with Gasteiger partial charge in [0, 0.05) is 6.20 Å². The van der Waals surface area contributed by atoms with Crippen molar-refractivity contribution >= 4 is 44.7 Å². The van der Waals surface area contributed by atoms with Gasteiger partial charge >= 0.3 is 0 Å². The van der Waals surface area contributed by atoms with E-state index in [2.05, 4.69) is 21.3 Å². The summed E-state index contributed by atoms with van der Waals surface area (Å²) < 4.78 is 1.19. The van der Waals surface area contributed by atoms with Gasteiger partial charge in [-0.3, -0.25) is 9.69 Å². The minimum Gasteiger partial charge on any atom is -0.322 e. The molecule has 0 aliphatic carbocycles. The van der Waals surface area contributed by atoms with Crippen LogP contribution < -0.4 is 5.32 Å². The number of thiazole rings is 1. The molecule has 1 aliphatic rings. The van der Waals surface area contributed by atoms with Crippen LogP contribution in [0.15, 0.2) is 42.6 Å². The molecule has 0 unspecified atom stereocenters. The summed E-state index contributed by atoms with van der Waals surface area (Å²) >= 11 is 7.76. The fourth-order valence-electron chi connectivity index (χ4n) is 3.35. The topological polar surface area (TPSA) is 58.1 Å². The van der Waals surface area contributed by atoms with Gasteiger partial charge in [0.05, 0.1) is 28.5 Å². The van der Waals surface area contributed by atoms with Crippen LogP contribution in [-0.2, 0) is 4.79 Å². The number of anilines is 1. The fraction of sp³-hybridized carbons (Fsp3) is 0.316. The Bertz CT molecular complexity index is 896. The number of amides is 1. The number of pyridine rings is 1. The molecule has 1 fully saturated rings. The molecule has 3 heterocycles. The number of nitrogens with one attached hydrogen (secondary N) is 1. The molecule has 1 amide bonds. The van der Waals surface area contributed by atoms with Crippen molar-refractivity contribution in [3.05, 3.63) is 52.8 Å². The van der Waals surface area contributed by atoms with Crippen molar-refractivity contribution in [3.8, 4) is 0 Å². The lowest BCUT2D eigenvalue weighted by atomic mass is 10.0. The smallest absolute Gasteiger partial charge is 0.238 e. The summed E-state index contributed by atoms with van der Waals surface area (Å²) in [5.41, 5.74) is 1.58. The molecule has 1 aliphatic heterocycles. The van der Waals surface area contributed by atoms with E-state index in [-0.39, 0.29) is 11.9 Å². The molecule has 0 radical (unpaired) electrons. The van der Waals surface area contributed by atoms with Crippen molar-refractivity contribution in [2.24, 2.45) is 0 Å². The molecule has 3 aromatic rings. The molecule has 7 heteroatoms. The van der Waals surface area contributed by atoms with Crippen molar-refractivity contribution in [2.45, 2.75) is 25.3 Å². The number of hydrogen-bond donors (Lipinski definition) is 1. The van der Waals surface area contributed by atoms with Crippen LogP contribution in [0.2, 0.25) is 5.15 Å². The summed E-state index contributed by atoms with van der Waals surface area (Å²) in [5.74, 6) is -0.0760. The number of benzene rings is 1. The van der Waals surface area contributed by atoms with E-state index in [1.165, 1.54) is 4.70 Å². The summed E-state index contributed by atoms with van der Waals surface area (Å²) in [5, 5.41) is 4.27. The molecule has 0 spiro atoms. The third-order valence-electron chi connectivity index (χ3n) is 4.59. The van der Waals surface area contributed by atoms with Gasteiger partial charge < -0.3 is 5.32 Å².